The summed E-state index contributed by atoms with van der Waals surface area (Å²) >= 11 is 0. The third-order valence-electron chi connectivity index (χ3n) is 5.57. The molecule has 2 aliphatic rings. The zero-order valence-corrected chi connectivity index (χ0v) is 15.9. The van der Waals surface area contributed by atoms with Gasteiger partial charge in [0.25, 0.3) is 5.91 Å². The van der Waals surface area contributed by atoms with Gasteiger partial charge in [0, 0.05) is 32.5 Å². The molecule has 5 amide bonds. The van der Waals surface area contributed by atoms with Crippen LogP contribution in [0.15, 0.2) is 24.3 Å². The molecule has 152 valence electrons. The average Bonchev–Trinajstić information content (AvgIpc) is 2.92. The molecule has 3 rings (SSSR count). The molecule has 1 saturated carbocycles. The summed E-state index contributed by atoms with van der Waals surface area (Å²) in [7, 11) is 1.62. The van der Waals surface area contributed by atoms with Crippen LogP contribution in [-0.4, -0.2) is 41.9 Å². The predicted molar refractivity (Wildman–Crippen MR) is 97.7 cm³/mol. The molecule has 28 heavy (non-hydrogen) atoms. The lowest BCUT2D eigenvalue weighted by Crippen LogP contribution is -2.46. The van der Waals surface area contributed by atoms with Gasteiger partial charge in [0.2, 0.25) is 5.92 Å². The van der Waals surface area contributed by atoms with Crippen LogP contribution >= 0.6 is 0 Å². The zero-order valence-electron chi connectivity index (χ0n) is 15.9. The van der Waals surface area contributed by atoms with E-state index in [-0.39, 0.29) is 44.3 Å². The maximum absolute atomic E-state index is 13.3. The summed E-state index contributed by atoms with van der Waals surface area (Å²) in [4.78, 5) is 37.1. The van der Waals surface area contributed by atoms with E-state index in [1.807, 2.05) is 0 Å². The van der Waals surface area contributed by atoms with Gasteiger partial charge in [0.05, 0.1) is 0 Å². The van der Waals surface area contributed by atoms with Gasteiger partial charge < -0.3 is 15.5 Å². The highest BCUT2D eigenvalue weighted by molar-refractivity contribution is 6.07. The Labute approximate surface area is 161 Å². The Morgan fingerprint density at radius 2 is 1.82 bits per heavy atom. The van der Waals surface area contributed by atoms with Gasteiger partial charge >= 0.3 is 12.1 Å². The Morgan fingerprint density at radius 3 is 2.36 bits per heavy atom. The number of hydrogen-bond acceptors (Lipinski definition) is 3. The van der Waals surface area contributed by atoms with E-state index in [2.05, 4.69) is 16.0 Å². The number of amides is 5. The maximum atomic E-state index is 13.3. The van der Waals surface area contributed by atoms with Gasteiger partial charge in [-0.25, -0.2) is 18.4 Å². The lowest BCUT2D eigenvalue weighted by molar-refractivity contribution is -0.123. The smallest absolute Gasteiger partial charge is 0.322 e. The third kappa shape index (κ3) is 4.07. The first-order valence-corrected chi connectivity index (χ1v) is 9.22. The van der Waals surface area contributed by atoms with E-state index in [1.54, 1.807) is 38.2 Å². The molecule has 0 aromatic heterocycles. The van der Waals surface area contributed by atoms with Crippen molar-refractivity contribution in [3.05, 3.63) is 35.4 Å². The number of carbonyl (C=O) groups is 3. The minimum Gasteiger partial charge on any atom is -0.334 e. The van der Waals surface area contributed by atoms with E-state index in [1.165, 1.54) is 4.90 Å². The van der Waals surface area contributed by atoms with E-state index in [0.717, 1.165) is 5.56 Å². The summed E-state index contributed by atoms with van der Waals surface area (Å²) in [6.45, 7) is 1.88. The van der Waals surface area contributed by atoms with Gasteiger partial charge in [-0.15, -0.1) is 0 Å². The van der Waals surface area contributed by atoms with Crippen molar-refractivity contribution < 1.29 is 23.2 Å². The highest BCUT2D eigenvalue weighted by Gasteiger charge is 2.43. The molecule has 0 spiro atoms. The fourth-order valence-corrected chi connectivity index (χ4v) is 3.58. The van der Waals surface area contributed by atoms with Gasteiger partial charge in [-0.05, 0) is 30.9 Å². The fourth-order valence-electron chi connectivity index (χ4n) is 3.58. The largest absolute Gasteiger partial charge is 0.334 e. The van der Waals surface area contributed by atoms with Gasteiger partial charge in [0.15, 0.2) is 0 Å². The summed E-state index contributed by atoms with van der Waals surface area (Å²) in [6.07, 6.45) is 0.190. The molecule has 1 aromatic rings. The molecule has 1 aliphatic carbocycles. The molecule has 0 bridgehead atoms. The number of imide groups is 1. The van der Waals surface area contributed by atoms with Gasteiger partial charge in [-0.3, -0.25) is 10.1 Å². The van der Waals surface area contributed by atoms with Crippen LogP contribution in [0.25, 0.3) is 0 Å². The minimum absolute atomic E-state index is 0.188. The molecule has 1 aliphatic heterocycles. The summed E-state index contributed by atoms with van der Waals surface area (Å²) in [5.74, 6) is -3.04. The molecule has 9 heteroatoms. The maximum Gasteiger partial charge on any atom is 0.322 e. The number of carbonyl (C=O) groups excluding carboxylic acids is 3. The van der Waals surface area contributed by atoms with Crippen LogP contribution in [0.5, 0.6) is 0 Å². The second-order valence-electron chi connectivity index (χ2n) is 7.59. The molecule has 3 N–H and O–H groups in total. The quantitative estimate of drug-likeness (QED) is 0.685. The molecule has 1 aromatic carbocycles. The van der Waals surface area contributed by atoms with Crippen LogP contribution in [0.1, 0.15) is 43.7 Å². The second kappa shape index (κ2) is 7.37. The predicted octanol–water partition coefficient (Wildman–Crippen LogP) is 2.46. The van der Waals surface area contributed by atoms with Crippen molar-refractivity contribution in [2.45, 2.75) is 56.7 Å². The summed E-state index contributed by atoms with van der Waals surface area (Å²) < 4.78 is 26.5. The van der Waals surface area contributed by atoms with Gasteiger partial charge in [-0.2, -0.15) is 0 Å². The topological polar surface area (TPSA) is 90.5 Å². The first kappa shape index (κ1) is 20.0. The van der Waals surface area contributed by atoms with Crippen LogP contribution in [0.2, 0.25) is 0 Å². The minimum atomic E-state index is -2.62. The zero-order chi connectivity index (χ0) is 20.5. The number of rotatable bonds is 4. The van der Waals surface area contributed by atoms with Crippen LogP contribution in [-0.2, 0) is 16.9 Å². The lowest BCUT2D eigenvalue weighted by atomic mass is 9.91. The van der Waals surface area contributed by atoms with E-state index in [0.29, 0.717) is 5.56 Å². The Bertz CT molecular complexity index is 774. The van der Waals surface area contributed by atoms with E-state index < -0.39 is 23.4 Å². The second-order valence-corrected chi connectivity index (χ2v) is 7.59. The van der Waals surface area contributed by atoms with Crippen molar-refractivity contribution in [3.8, 4) is 0 Å². The molecule has 0 radical (unpaired) electrons. The number of hydrogen-bond donors (Lipinski definition) is 3. The van der Waals surface area contributed by atoms with Crippen molar-refractivity contribution in [2.24, 2.45) is 0 Å². The van der Waals surface area contributed by atoms with E-state index in [9.17, 15) is 23.2 Å². The summed E-state index contributed by atoms with van der Waals surface area (Å²) in [5.41, 5.74) is 0.322. The number of nitrogens with zero attached hydrogens (tertiary/aromatic N) is 1. The number of benzene rings is 1. The number of urea groups is 2. The van der Waals surface area contributed by atoms with Gasteiger partial charge in [0.1, 0.15) is 5.54 Å². The van der Waals surface area contributed by atoms with Crippen molar-refractivity contribution in [1.82, 2.24) is 20.9 Å². The van der Waals surface area contributed by atoms with Crippen molar-refractivity contribution >= 4 is 18.0 Å². The molecule has 7 nitrogen and oxygen atoms in total. The Morgan fingerprint density at radius 1 is 1.21 bits per heavy atom. The molecular weight excluding hydrogens is 370 g/mol. The molecule has 1 unspecified atom stereocenters. The number of halogens is 2. The van der Waals surface area contributed by atoms with Crippen molar-refractivity contribution in [2.75, 3.05) is 7.05 Å². The average molecular weight is 394 g/mol. The Balaban J connectivity index is 1.54. The molecule has 1 atom stereocenters. The van der Waals surface area contributed by atoms with E-state index >= 15 is 0 Å². The van der Waals surface area contributed by atoms with Crippen LogP contribution < -0.4 is 16.0 Å². The number of nitrogens with one attached hydrogen (secondary N) is 3. The molecular formula is C19H24F2N4O3. The van der Waals surface area contributed by atoms with Crippen LogP contribution in [0.3, 0.4) is 0 Å². The van der Waals surface area contributed by atoms with Crippen molar-refractivity contribution in [3.63, 3.8) is 0 Å². The van der Waals surface area contributed by atoms with Crippen molar-refractivity contribution in [1.29, 1.82) is 0 Å². The first-order chi connectivity index (χ1) is 13.1. The SMILES string of the molecule is CN(C(=O)NCc1ccc(C2(C)NC(=O)NC2=O)cc1)C1CCC(F)(F)CC1. The number of alkyl halides is 2. The molecule has 1 saturated heterocycles. The normalized spacial score (nSPS) is 24.4. The monoisotopic (exact) mass is 394 g/mol. The Kier molecular flexibility index (Phi) is 5.27. The first-order valence-electron chi connectivity index (χ1n) is 9.22. The standard InChI is InChI=1S/C19H24F2N4O3/c1-18(15(26)23-16(27)24-18)13-5-3-12(4-6-13)11-22-17(28)25(2)14-7-9-19(20,21)10-8-14/h3-6,14H,7-11H2,1-2H3,(H,22,28)(H2,23,24,26,27). The summed E-state index contributed by atoms with van der Waals surface area (Å²) in [5, 5.41) is 7.59. The summed E-state index contributed by atoms with van der Waals surface area (Å²) in [6, 6.07) is 5.94. The fraction of sp³-hybridized carbons (Fsp3) is 0.526. The highest BCUT2D eigenvalue weighted by atomic mass is 19.3. The Hall–Kier alpha value is -2.71. The molecule has 1 heterocycles. The molecule has 2 fully saturated rings. The van der Waals surface area contributed by atoms with Crippen LogP contribution in [0, 0.1) is 0 Å². The van der Waals surface area contributed by atoms with Crippen LogP contribution in [0.4, 0.5) is 18.4 Å². The third-order valence-corrected chi connectivity index (χ3v) is 5.57. The van der Waals surface area contributed by atoms with E-state index in [4.69, 9.17) is 0 Å². The highest BCUT2D eigenvalue weighted by Crippen LogP contribution is 2.34. The lowest BCUT2D eigenvalue weighted by Gasteiger charge is -2.34. The van der Waals surface area contributed by atoms with Gasteiger partial charge in [-0.1, -0.05) is 24.3 Å².